The molecule has 0 heterocycles. The number of phosphoric acid groups is 1. The molecule has 0 bridgehead atoms. The van der Waals surface area contributed by atoms with Gasteiger partial charge in [-0.1, -0.05) is 72.8 Å². The van der Waals surface area contributed by atoms with E-state index in [1.165, 1.54) is 0 Å². The summed E-state index contributed by atoms with van der Waals surface area (Å²) in [7, 11) is -3.89. The fourth-order valence-electron chi connectivity index (χ4n) is 2.23. The van der Waals surface area contributed by atoms with Gasteiger partial charge in [0.2, 0.25) is 0 Å². The van der Waals surface area contributed by atoms with Crippen molar-refractivity contribution < 1.29 is 28.4 Å². The van der Waals surface area contributed by atoms with E-state index in [1.54, 1.807) is 0 Å². The predicted octanol–water partition coefficient (Wildman–Crippen LogP) is 5.81. The van der Waals surface area contributed by atoms with Crippen LogP contribution < -0.4 is 0 Å². The fraction of sp³-hybridized carbons (Fsp3) is 0.842. The molecule has 0 aliphatic carbocycles. The van der Waals surface area contributed by atoms with Crippen LogP contribution in [0.5, 0.6) is 0 Å². The highest BCUT2D eigenvalue weighted by molar-refractivity contribution is 7.47. The summed E-state index contributed by atoms with van der Waals surface area (Å²) in [6.07, 6.45) is 9.39. The van der Waals surface area contributed by atoms with Gasteiger partial charge in [0.05, 0.1) is 13.2 Å². The molecule has 0 aliphatic heterocycles. The first-order valence-corrected chi connectivity index (χ1v) is 11.2. The summed E-state index contributed by atoms with van der Waals surface area (Å²) in [6, 6.07) is 0. The summed E-state index contributed by atoms with van der Waals surface area (Å²) in [4.78, 5) is 19.0. The van der Waals surface area contributed by atoms with Crippen LogP contribution in [0, 0.1) is 11.8 Å². The molecular weight excluding hydrogens is 355 g/mol. The maximum atomic E-state index is 11.9. The third-order valence-corrected chi connectivity index (χ3v) is 5.16. The van der Waals surface area contributed by atoms with Crippen LogP contribution in [0.15, 0.2) is 12.7 Å². The lowest BCUT2D eigenvalue weighted by Crippen LogP contribution is -2.12. The zero-order chi connectivity index (χ0) is 20.4. The van der Waals surface area contributed by atoms with Crippen molar-refractivity contribution in [2.24, 2.45) is 11.8 Å². The van der Waals surface area contributed by atoms with Crippen molar-refractivity contribution in [3.63, 3.8) is 0 Å². The predicted molar refractivity (Wildman–Crippen MR) is 106 cm³/mol. The Hall–Kier alpha value is -0.680. The zero-order valence-corrected chi connectivity index (χ0v) is 17.9. The Morgan fingerprint density at radius 2 is 1.35 bits per heavy atom. The van der Waals surface area contributed by atoms with E-state index in [2.05, 4.69) is 34.3 Å². The lowest BCUT2D eigenvalue weighted by molar-refractivity contribution is -0.131. The van der Waals surface area contributed by atoms with E-state index in [4.69, 9.17) is 14.2 Å². The quantitative estimate of drug-likeness (QED) is 0.269. The summed E-state index contributed by atoms with van der Waals surface area (Å²) in [5.41, 5.74) is 0. The Bertz CT molecular complexity index is 375. The van der Waals surface area contributed by atoms with Gasteiger partial charge in [0.15, 0.2) is 0 Å². The van der Waals surface area contributed by atoms with Crippen LogP contribution in [0.2, 0.25) is 0 Å². The molecule has 6 nitrogen and oxygen atoms in total. The molecule has 26 heavy (non-hydrogen) atoms. The van der Waals surface area contributed by atoms with Crippen molar-refractivity contribution in [1.29, 1.82) is 0 Å². The fourth-order valence-corrected chi connectivity index (χ4v) is 3.11. The van der Waals surface area contributed by atoms with Gasteiger partial charge in [-0.3, -0.25) is 9.05 Å². The second-order valence-corrected chi connectivity index (χ2v) is 7.89. The number of carboxylic acids is 1. The molecule has 156 valence electrons. The molecule has 0 aliphatic rings. The molecule has 0 rings (SSSR count). The average Bonchev–Trinajstić information content (AvgIpc) is 2.62. The molecule has 2 N–H and O–H groups in total. The summed E-state index contributed by atoms with van der Waals surface area (Å²) >= 11 is 0. The highest BCUT2D eigenvalue weighted by Crippen LogP contribution is 2.44. The van der Waals surface area contributed by atoms with Gasteiger partial charge in [0.1, 0.15) is 0 Å². The first-order valence-electron chi connectivity index (χ1n) is 9.73. The molecule has 0 saturated heterocycles. The average molecular weight is 394 g/mol. The lowest BCUT2D eigenvalue weighted by Gasteiger charge is -2.20. The van der Waals surface area contributed by atoms with E-state index in [-0.39, 0.29) is 0 Å². The number of carbonyl (C=O) groups is 1. The van der Waals surface area contributed by atoms with Gasteiger partial charge in [0, 0.05) is 6.08 Å². The molecule has 0 amide bonds. The van der Waals surface area contributed by atoms with Crippen LogP contribution >= 0.6 is 7.82 Å². The molecule has 0 spiro atoms. The van der Waals surface area contributed by atoms with Crippen molar-refractivity contribution in [2.45, 2.75) is 79.1 Å². The van der Waals surface area contributed by atoms with Crippen molar-refractivity contribution >= 4 is 13.8 Å². The minimum absolute atomic E-state index is 0.316. The zero-order valence-electron chi connectivity index (χ0n) is 17.0. The highest BCUT2D eigenvalue weighted by Gasteiger charge is 2.24. The van der Waals surface area contributed by atoms with Gasteiger partial charge in [-0.2, -0.15) is 0 Å². The Morgan fingerprint density at radius 3 is 1.58 bits per heavy atom. The molecule has 0 aromatic carbocycles. The molecular formula is C19H39O6P. The van der Waals surface area contributed by atoms with Crippen LogP contribution in [0.25, 0.3) is 0 Å². The summed E-state index contributed by atoms with van der Waals surface area (Å²) in [6.45, 7) is 12.1. The van der Waals surface area contributed by atoms with Crippen LogP contribution in [0.4, 0.5) is 0 Å². The molecule has 0 fully saturated rings. The smallest absolute Gasteiger partial charge is 0.472 e. The monoisotopic (exact) mass is 394 g/mol. The molecule has 2 unspecified atom stereocenters. The summed E-state index contributed by atoms with van der Waals surface area (Å²) in [5.74, 6) is -0.294. The highest BCUT2D eigenvalue weighted by atomic mass is 31.2. The molecule has 7 heteroatoms. The minimum atomic E-state index is -3.89. The van der Waals surface area contributed by atoms with E-state index in [0.29, 0.717) is 25.0 Å². The standard InChI is InChI=1S/C16H35O4P.C3H4O2/c1-5-9-11-15(7-3)13-19-21(17,18)20-14-16(8-4)12-10-6-2;1-2-3(4)5/h15-16H,5-14H2,1-4H3,(H,17,18);2H,1H2,(H,4,5). The number of phosphoric ester groups is 1. The first-order chi connectivity index (χ1) is 12.3. The maximum Gasteiger partial charge on any atom is 0.472 e. The normalized spacial score (nSPS) is 15.3. The van der Waals surface area contributed by atoms with Crippen molar-refractivity contribution in [2.75, 3.05) is 13.2 Å². The van der Waals surface area contributed by atoms with E-state index in [0.717, 1.165) is 57.4 Å². The van der Waals surface area contributed by atoms with Gasteiger partial charge >= 0.3 is 13.8 Å². The van der Waals surface area contributed by atoms with Gasteiger partial charge in [0.25, 0.3) is 0 Å². The first kappa shape index (κ1) is 27.5. The Morgan fingerprint density at radius 1 is 1.00 bits per heavy atom. The van der Waals surface area contributed by atoms with Crippen molar-refractivity contribution in [1.82, 2.24) is 0 Å². The number of carboxylic acid groups (broad SMARTS) is 1. The molecule has 0 aromatic heterocycles. The SMILES string of the molecule is C=CC(=O)O.CCCCC(CC)COP(=O)(O)OCC(CC)CCCC. The Labute approximate surface area is 159 Å². The summed E-state index contributed by atoms with van der Waals surface area (Å²) in [5, 5.41) is 7.60. The third-order valence-electron chi connectivity index (χ3n) is 4.21. The maximum absolute atomic E-state index is 11.9. The van der Waals surface area contributed by atoms with Crippen LogP contribution in [-0.2, 0) is 18.4 Å². The lowest BCUT2D eigenvalue weighted by atomic mass is 10.0. The number of aliphatic carboxylic acids is 1. The van der Waals surface area contributed by atoms with E-state index in [1.807, 2.05) is 0 Å². The Kier molecular flexibility index (Phi) is 18.8. The van der Waals surface area contributed by atoms with Gasteiger partial charge in [-0.25, -0.2) is 9.36 Å². The van der Waals surface area contributed by atoms with Gasteiger partial charge in [-0.15, -0.1) is 0 Å². The van der Waals surface area contributed by atoms with Crippen LogP contribution in [0.3, 0.4) is 0 Å². The summed E-state index contributed by atoms with van der Waals surface area (Å²) < 4.78 is 22.2. The van der Waals surface area contributed by atoms with Gasteiger partial charge in [-0.05, 0) is 24.7 Å². The molecule has 0 aromatic rings. The van der Waals surface area contributed by atoms with Crippen molar-refractivity contribution in [3.05, 3.63) is 12.7 Å². The number of hydrogen-bond donors (Lipinski definition) is 2. The minimum Gasteiger partial charge on any atom is -0.478 e. The van der Waals surface area contributed by atoms with Crippen molar-refractivity contribution in [3.8, 4) is 0 Å². The Balaban J connectivity index is 0. The van der Waals surface area contributed by atoms with E-state index >= 15 is 0 Å². The van der Waals surface area contributed by atoms with Crippen LogP contribution in [-0.4, -0.2) is 29.2 Å². The van der Waals surface area contributed by atoms with E-state index < -0.39 is 13.8 Å². The number of unbranched alkanes of at least 4 members (excludes halogenated alkanes) is 2. The number of hydrogen-bond acceptors (Lipinski definition) is 4. The molecule has 0 radical (unpaired) electrons. The molecule has 2 atom stereocenters. The second-order valence-electron chi connectivity index (χ2n) is 6.44. The van der Waals surface area contributed by atoms with Crippen LogP contribution in [0.1, 0.15) is 79.1 Å². The largest absolute Gasteiger partial charge is 0.478 e. The van der Waals surface area contributed by atoms with E-state index in [9.17, 15) is 14.3 Å². The topological polar surface area (TPSA) is 93.1 Å². The number of rotatable bonds is 15. The third kappa shape index (κ3) is 18.1. The molecule has 0 saturated carbocycles. The van der Waals surface area contributed by atoms with Gasteiger partial charge < -0.3 is 10.00 Å². The second kappa shape index (κ2) is 17.7.